The molecular weight excluding hydrogens is 236 g/mol. The van der Waals surface area contributed by atoms with Gasteiger partial charge in [-0.1, -0.05) is 13.3 Å². The fourth-order valence-corrected chi connectivity index (χ4v) is 2.82. The Hall–Kier alpha value is -1.03. The van der Waals surface area contributed by atoms with Crippen LogP contribution in [0.5, 0.6) is 0 Å². The molecule has 2 heterocycles. The minimum absolute atomic E-state index is 0.594. The van der Waals surface area contributed by atoms with Crippen molar-refractivity contribution in [3.05, 3.63) is 11.9 Å². The number of nitrogens with zero attached hydrogens (tertiary/aromatic N) is 3. The van der Waals surface area contributed by atoms with Gasteiger partial charge in [0.1, 0.15) is 0 Å². The maximum absolute atomic E-state index is 4.64. The molecule has 0 saturated carbocycles. The SMILES string of the molecule is CCCCNc1nc(C)cn1C1CCN(C)C(C)C1. The van der Waals surface area contributed by atoms with Crippen LogP contribution in [0.1, 0.15) is 51.3 Å². The van der Waals surface area contributed by atoms with Gasteiger partial charge in [-0.05, 0) is 40.2 Å². The van der Waals surface area contributed by atoms with E-state index in [0.717, 1.165) is 18.2 Å². The van der Waals surface area contributed by atoms with E-state index in [4.69, 9.17) is 0 Å². The smallest absolute Gasteiger partial charge is 0.203 e. The van der Waals surface area contributed by atoms with E-state index in [1.807, 2.05) is 0 Å². The zero-order valence-electron chi connectivity index (χ0n) is 12.8. The molecule has 0 spiro atoms. The molecule has 1 aliphatic rings. The number of nitrogens with one attached hydrogen (secondary N) is 1. The number of hydrogen-bond acceptors (Lipinski definition) is 3. The Morgan fingerprint density at radius 2 is 2.26 bits per heavy atom. The Bertz CT molecular complexity index is 399. The Morgan fingerprint density at radius 3 is 2.95 bits per heavy atom. The van der Waals surface area contributed by atoms with Crippen LogP contribution in [-0.4, -0.2) is 40.6 Å². The summed E-state index contributed by atoms with van der Waals surface area (Å²) in [5.41, 5.74) is 1.12. The lowest BCUT2D eigenvalue weighted by Gasteiger charge is -2.36. The van der Waals surface area contributed by atoms with E-state index in [1.165, 1.54) is 32.2 Å². The molecule has 0 radical (unpaired) electrons. The summed E-state index contributed by atoms with van der Waals surface area (Å²) in [4.78, 5) is 7.09. The molecule has 2 rings (SSSR count). The van der Waals surface area contributed by atoms with Gasteiger partial charge >= 0.3 is 0 Å². The largest absolute Gasteiger partial charge is 0.356 e. The Morgan fingerprint density at radius 1 is 1.47 bits per heavy atom. The monoisotopic (exact) mass is 264 g/mol. The number of aryl methyl sites for hydroxylation is 1. The van der Waals surface area contributed by atoms with E-state index < -0.39 is 0 Å². The van der Waals surface area contributed by atoms with Crippen molar-refractivity contribution >= 4 is 5.95 Å². The maximum Gasteiger partial charge on any atom is 0.203 e. The molecule has 19 heavy (non-hydrogen) atoms. The summed E-state index contributed by atoms with van der Waals surface area (Å²) in [6, 6.07) is 1.25. The highest BCUT2D eigenvalue weighted by atomic mass is 15.2. The van der Waals surface area contributed by atoms with Crippen molar-refractivity contribution in [1.82, 2.24) is 14.5 Å². The highest BCUT2D eigenvalue weighted by Gasteiger charge is 2.25. The number of piperidine rings is 1. The normalized spacial score (nSPS) is 24.6. The van der Waals surface area contributed by atoms with Crippen LogP contribution in [0, 0.1) is 6.92 Å². The van der Waals surface area contributed by atoms with Gasteiger partial charge in [-0.2, -0.15) is 0 Å². The molecule has 2 unspecified atom stereocenters. The molecule has 4 heteroatoms. The van der Waals surface area contributed by atoms with Gasteiger partial charge in [-0.15, -0.1) is 0 Å². The Labute approximate surface area is 117 Å². The summed E-state index contributed by atoms with van der Waals surface area (Å²) < 4.78 is 2.37. The maximum atomic E-state index is 4.64. The van der Waals surface area contributed by atoms with Gasteiger partial charge in [-0.25, -0.2) is 4.98 Å². The highest BCUT2D eigenvalue weighted by molar-refractivity contribution is 5.29. The van der Waals surface area contributed by atoms with E-state index in [2.05, 4.69) is 53.8 Å². The van der Waals surface area contributed by atoms with Crippen molar-refractivity contribution in [3.8, 4) is 0 Å². The van der Waals surface area contributed by atoms with E-state index in [0.29, 0.717) is 12.1 Å². The predicted molar refractivity (Wildman–Crippen MR) is 80.7 cm³/mol. The second-order valence-corrected chi connectivity index (χ2v) is 5.90. The molecular formula is C15H28N4. The van der Waals surface area contributed by atoms with Gasteiger partial charge < -0.3 is 14.8 Å². The third-order valence-electron chi connectivity index (χ3n) is 4.24. The molecule has 0 amide bonds. The molecule has 1 saturated heterocycles. The summed E-state index contributed by atoms with van der Waals surface area (Å²) in [6.07, 6.45) is 7.07. The standard InChI is InChI=1S/C15H28N4/c1-5-6-8-16-15-17-12(2)11-19(15)14-7-9-18(4)13(3)10-14/h11,13-14H,5-10H2,1-4H3,(H,16,17). The van der Waals surface area contributed by atoms with Crippen LogP contribution in [0.4, 0.5) is 5.95 Å². The first-order valence-corrected chi connectivity index (χ1v) is 7.61. The Kier molecular flexibility index (Phi) is 4.86. The highest BCUT2D eigenvalue weighted by Crippen LogP contribution is 2.29. The minimum atomic E-state index is 0.594. The molecule has 1 fully saturated rings. The molecule has 1 aliphatic heterocycles. The van der Waals surface area contributed by atoms with Gasteiger partial charge in [0, 0.05) is 31.4 Å². The van der Waals surface area contributed by atoms with E-state index in [1.54, 1.807) is 0 Å². The zero-order chi connectivity index (χ0) is 13.8. The van der Waals surface area contributed by atoms with Gasteiger partial charge in [0.2, 0.25) is 5.95 Å². The molecule has 0 bridgehead atoms. The molecule has 0 aromatic carbocycles. The number of aromatic nitrogens is 2. The van der Waals surface area contributed by atoms with Crippen LogP contribution in [0.2, 0.25) is 0 Å². The van der Waals surface area contributed by atoms with E-state index >= 15 is 0 Å². The van der Waals surface area contributed by atoms with Gasteiger partial charge in [0.15, 0.2) is 0 Å². The molecule has 4 nitrogen and oxygen atoms in total. The molecule has 1 aromatic heterocycles. The van der Waals surface area contributed by atoms with Crippen LogP contribution >= 0.6 is 0 Å². The van der Waals surface area contributed by atoms with Crippen molar-refractivity contribution in [3.63, 3.8) is 0 Å². The Balaban J connectivity index is 2.06. The van der Waals surface area contributed by atoms with Gasteiger partial charge in [0.25, 0.3) is 0 Å². The van der Waals surface area contributed by atoms with Crippen LogP contribution < -0.4 is 5.32 Å². The lowest BCUT2D eigenvalue weighted by Crippen LogP contribution is -2.38. The first-order valence-electron chi connectivity index (χ1n) is 7.61. The fraction of sp³-hybridized carbons (Fsp3) is 0.800. The average Bonchev–Trinajstić information content (AvgIpc) is 2.74. The summed E-state index contributed by atoms with van der Waals surface area (Å²) in [5.74, 6) is 1.06. The summed E-state index contributed by atoms with van der Waals surface area (Å²) in [7, 11) is 2.22. The molecule has 0 aliphatic carbocycles. The minimum Gasteiger partial charge on any atom is -0.356 e. The van der Waals surface area contributed by atoms with Crippen LogP contribution in [0.3, 0.4) is 0 Å². The van der Waals surface area contributed by atoms with Crippen LogP contribution in [-0.2, 0) is 0 Å². The number of likely N-dealkylation sites (tertiary alicyclic amines) is 1. The number of unbranched alkanes of at least 4 members (excludes halogenated alkanes) is 1. The fourth-order valence-electron chi connectivity index (χ4n) is 2.82. The molecule has 1 N–H and O–H groups in total. The van der Waals surface area contributed by atoms with E-state index in [9.17, 15) is 0 Å². The average molecular weight is 264 g/mol. The third-order valence-corrected chi connectivity index (χ3v) is 4.24. The quantitative estimate of drug-likeness (QED) is 0.830. The van der Waals surface area contributed by atoms with Crippen molar-refractivity contribution in [2.24, 2.45) is 0 Å². The van der Waals surface area contributed by atoms with Crippen molar-refractivity contribution < 1.29 is 0 Å². The zero-order valence-corrected chi connectivity index (χ0v) is 12.8. The van der Waals surface area contributed by atoms with Crippen LogP contribution in [0.25, 0.3) is 0 Å². The van der Waals surface area contributed by atoms with Crippen molar-refractivity contribution in [2.75, 3.05) is 25.5 Å². The first-order chi connectivity index (χ1) is 9.11. The second kappa shape index (κ2) is 6.42. The first kappa shape index (κ1) is 14.4. The van der Waals surface area contributed by atoms with Crippen molar-refractivity contribution in [1.29, 1.82) is 0 Å². The van der Waals surface area contributed by atoms with Crippen molar-refractivity contribution in [2.45, 2.75) is 58.5 Å². The lowest BCUT2D eigenvalue weighted by molar-refractivity contribution is 0.157. The number of imidazole rings is 1. The summed E-state index contributed by atoms with van der Waals surface area (Å²) in [6.45, 7) is 8.82. The summed E-state index contributed by atoms with van der Waals surface area (Å²) in [5, 5.41) is 3.50. The van der Waals surface area contributed by atoms with Crippen LogP contribution in [0.15, 0.2) is 6.20 Å². The molecule has 2 atom stereocenters. The number of rotatable bonds is 5. The lowest BCUT2D eigenvalue weighted by atomic mass is 9.99. The predicted octanol–water partition coefficient (Wildman–Crippen LogP) is 3.06. The number of anilines is 1. The molecule has 108 valence electrons. The molecule has 1 aromatic rings. The number of hydrogen-bond donors (Lipinski definition) is 1. The van der Waals surface area contributed by atoms with Gasteiger partial charge in [0.05, 0.1) is 5.69 Å². The summed E-state index contributed by atoms with van der Waals surface area (Å²) >= 11 is 0. The second-order valence-electron chi connectivity index (χ2n) is 5.90. The van der Waals surface area contributed by atoms with Gasteiger partial charge in [-0.3, -0.25) is 0 Å². The third kappa shape index (κ3) is 3.50. The van der Waals surface area contributed by atoms with E-state index in [-0.39, 0.29) is 0 Å². The topological polar surface area (TPSA) is 33.1 Å².